The molecule has 0 heterocycles. The van der Waals surface area contributed by atoms with Crippen LogP contribution in [0.4, 0.5) is 0 Å². The van der Waals surface area contributed by atoms with Crippen LogP contribution in [0.25, 0.3) is 0 Å². The Bertz CT molecular complexity index is 417. The number of halogens is 1. The maximum atomic E-state index is 12.5. The van der Waals surface area contributed by atoms with E-state index in [0.717, 1.165) is 35.1 Å². The van der Waals surface area contributed by atoms with Crippen LogP contribution in [0.3, 0.4) is 0 Å². The van der Waals surface area contributed by atoms with Crippen molar-refractivity contribution < 1.29 is 4.79 Å². The van der Waals surface area contributed by atoms with Gasteiger partial charge < -0.3 is 4.90 Å². The summed E-state index contributed by atoms with van der Waals surface area (Å²) in [5, 5.41) is 0. The van der Waals surface area contributed by atoms with Gasteiger partial charge in [0.15, 0.2) is 0 Å². The van der Waals surface area contributed by atoms with E-state index < -0.39 is 0 Å². The molecule has 1 aromatic rings. The van der Waals surface area contributed by atoms with E-state index in [1.165, 1.54) is 0 Å². The SMILES string of the molecule is CCC(C)CN(CC)C(=O)c1cc(Br)ccc1C. The molecule has 0 aliphatic heterocycles. The van der Waals surface area contributed by atoms with Crippen molar-refractivity contribution in [2.45, 2.75) is 34.1 Å². The normalized spacial score (nSPS) is 12.3. The van der Waals surface area contributed by atoms with Crippen molar-refractivity contribution in [3.8, 4) is 0 Å². The summed E-state index contributed by atoms with van der Waals surface area (Å²) in [6, 6.07) is 5.86. The standard InChI is InChI=1S/C15H22BrNO/c1-5-11(3)10-17(6-2)15(18)14-9-13(16)8-7-12(14)4/h7-9,11H,5-6,10H2,1-4H3. The number of nitrogens with zero attached hydrogens (tertiary/aromatic N) is 1. The first-order chi connectivity index (χ1) is 8.49. The van der Waals surface area contributed by atoms with Gasteiger partial charge in [0.2, 0.25) is 0 Å². The lowest BCUT2D eigenvalue weighted by Gasteiger charge is -2.25. The number of aryl methyl sites for hydroxylation is 1. The first-order valence-corrected chi connectivity index (χ1v) is 7.34. The van der Waals surface area contributed by atoms with E-state index >= 15 is 0 Å². The van der Waals surface area contributed by atoms with Crippen LogP contribution < -0.4 is 0 Å². The van der Waals surface area contributed by atoms with E-state index in [0.29, 0.717) is 5.92 Å². The first kappa shape index (κ1) is 15.2. The third-order valence-electron chi connectivity index (χ3n) is 3.33. The maximum absolute atomic E-state index is 12.5. The molecule has 0 aromatic heterocycles. The molecule has 0 saturated heterocycles. The topological polar surface area (TPSA) is 20.3 Å². The van der Waals surface area contributed by atoms with E-state index in [2.05, 4.69) is 29.8 Å². The van der Waals surface area contributed by atoms with Gasteiger partial charge in [-0.05, 0) is 37.5 Å². The molecule has 0 radical (unpaired) electrons. The van der Waals surface area contributed by atoms with Crippen molar-refractivity contribution in [2.24, 2.45) is 5.92 Å². The van der Waals surface area contributed by atoms with Gasteiger partial charge in [0.05, 0.1) is 0 Å². The number of hydrogen-bond donors (Lipinski definition) is 0. The third kappa shape index (κ3) is 3.84. The molecule has 0 spiro atoms. The molecule has 0 bridgehead atoms. The molecular formula is C15H22BrNO. The largest absolute Gasteiger partial charge is 0.339 e. The fourth-order valence-electron chi connectivity index (χ4n) is 1.86. The molecule has 1 amide bonds. The van der Waals surface area contributed by atoms with Gasteiger partial charge >= 0.3 is 0 Å². The Morgan fingerprint density at radius 2 is 2.06 bits per heavy atom. The van der Waals surface area contributed by atoms with Crippen LogP contribution in [0.1, 0.15) is 43.1 Å². The first-order valence-electron chi connectivity index (χ1n) is 6.55. The zero-order valence-electron chi connectivity index (χ0n) is 11.7. The second-order valence-electron chi connectivity index (χ2n) is 4.82. The van der Waals surface area contributed by atoms with Gasteiger partial charge in [-0.1, -0.05) is 42.3 Å². The second kappa shape index (κ2) is 6.93. The second-order valence-corrected chi connectivity index (χ2v) is 5.73. The quantitative estimate of drug-likeness (QED) is 0.795. The Kier molecular flexibility index (Phi) is 5.86. The highest BCUT2D eigenvalue weighted by Gasteiger charge is 2.18. The Labute approximate surface area is 119 Å². The Morgan fingerprint density at radius 1 is 1.39 bits per heavy atom. The molecule has 3 heteroatoms. The van der Waals surface area contributed by atoms with Crippen LogP contribution in [0.15, 0.2) is 22.7 Å². The zero-order valence-corrected chi connectivity index (χ0v) is 13.3. The van der Waals surface area contributed by atoms with E-state index in [-0.39, 0.29) is 5.91 Å². The minimum atomic E-state index is 0.136. The molecule has 1 aromatic carbocycles. The average molecular weight is 312 g/mol. The van der Waals surface area contributed by atoms with Gasteiger partial charge in [0.25, 0.3) is 5.91 Å². The molecule has 1 unspecified atom stereocenters. The highest BCUT2D eigenvalue weighted by atomic mass is 79.9. The lowest BCUT2D eigenvalue weighted by molar-refractivity contribution is 0.0740. The fourth-order valence-corrected chi connectivity index (χ4v) is 2.22. The van der Waals surface area contributed by atoms with Gasteiger partial charge in [-0.3, -0.25) is 4.79 Å². The van der Waals surface area contributed by atoms with Gasteiger partial charge in [-0.25, -0.2) is 0 Å². The number of amides is 1. The summed E-state index contributed by atoms with van der Waals surface area (Å²) >= 11 is 3.43. The van der Waals surface area contributed by atoms with E-state index in [1.54, 1.807) is 0 Å². The smallest absolute Gasteiger partial charge is 0.254 e. The van der Waals surface area contributed by atoms with Crippen LogP contribution in [0.2, 0.25) is 0 Å². The van der Waals surface area contributed by atoms with Gasteiger partial charge in [-0.2, -0.15) is 0 Å². The summed E-state index contributed by atoms with van der Waals surface area (Å²) in [7, 11) is 0. The van der Waals surface area contributed by atoms with Gasteiger partial charge in [0.1, 0.15) is 0 Å². The van der Waals surface area contributed by atoms with Crippen LogP contribution in [0.5, 0.6) is 0 Å². The number of carbonyl (C=O) groups is 1. The molecule has 1 atom stereocenters. The van der Waals surface area contributed by atoms with Crippen molar-refractivity contribution in [1.82, 2.24) is 4.90 Å². The number of benzene rings is 1. The molecule has 0 aliphatic carbocycles. The lowest BCUT2D eigenvalue weighted by Crippen LogP contribution is -2.34. The number of hydrogen-bond acceptors (Lipinski definition) is 1. The number of carbonyl (C=O) groups excluding carboxylic acids is 1. The zero-order chi connectivity index (χ0) is 13.7. The Morgan fingerprint density at radius 3 is 2.61 bits per heavy atom. The summed E-state index contributed by atoms with van der Waals surface area (Å²) in [6.07, 6.45) is 1.10. The third-order valence-corrected chi connectivity index (χ3v) is 3.82. The molecule has 2 nitrogen and oxygen atoms in total. The average Bonchev–Trinajstić information content (AvgIpc) is 2.37. The summed E-state index contributed by atoms with van der Waals surface area (Å²) in [5.74, 6) is 0.679. The van der Waals surface area contributed by atoms with Crippen LogP contribution in [-0.4, -0.2) is 23.9 Å². The summed E-state index contributed by atoms with van der Waals surface area (Å²) in [5.41, 5.74) is 1.83. The molecule has 0 saturated carbocycles. The van der Waals surface area contributed by atoms with Crippen molar-refractivity contribution in [3.63, 3.8) is 0 Å². The van der Waals surface area contributed by atoms with E-state index in [1.807, 2.05) is 36.9 Å². The summed E-state index contributed by atoms with van der Waals surface area (Å²) < 4.78 is 0.955. The predicted octanol–water partition coefficient (Wildman–Crippen LogP) is 4.27. The van der Waals surface area contributed by atoms with Gasteiger partial charge in [-0.15, -0.1) is 0 Å². The highest BCUT2D eigenvalue weighted by molar-refractivity contribution is 9.10. The lowest BCUT2D eigenvalue weighted by atomic mass is 10.1. The van der Waals surface area contributed by atoms with Crippen molar-refractivity contribution in [3.05, 3.63) is 33.8 Å². The maximum Gasteiger partial charge on any atom is 0.254 e. The minimum Gasteiger partial charge on any atom is -0.339 e. The number of rotatable bonds is 5. The minimum absolute atomic E-state index is 0.136. The monoisotopic (exact) mass is 311 g/mol. The van der Waals surface area contributed by atoms with Crippen LogP contribution >= 0.6 is 15.9 Å². The Hall–Kier alpha value is -0.830. The van der Waals surface area contributed by atoms with E-state index in [9.17, 15) is 4.79 Å². The molecular weight excluding hydrogens is 290 g/mol. The fraction of sp³-hybridized carbons (Fsp3) is 0.533. The molecule has 0 fully saturated rings. The van der Waals surface area contributed by atoms with Crippen LogP contribution in [-0.2, 0) is 0 Å². The highest BCUT2D eigenvalue weighted by Crippen LogP contribution is 2.18. The molecule has 1 rings (SSSR count). The molecule has 18 heavy (non-hydrogen) atoms. The Balaban J connectivity index is 2.92. The summed E-state index contributed by atoms with van der Waals surface area (Å²) in [4.78, 5) is 14.4. The van der Waals surface area contributed by atoms with Crippen molar-refractivity contribution in [2.75, 3.05) is 13.1 Å². The van der Waals surface area contributed by atoms with Gasteiger partial charge in [0, 0.05) is 23.1 Å². The van der Waals surface area contributed by atoms with E-state index in [4.69, 9.17) is 0 Å². The summed E-state index contributed by atoms with van der Waals surface area (Å²) in [6.45, 7) is 9.95. The molecule has 100 valence electrons. The van der Waals surface area contributed by atoms with Crippen LogP contribution in [0, 0.1) is 12.8 Å². The van der Waals surface area contributed by atoms with Crippen molar-refractivity contribution in [1.29, 1.82) is 0 Å². The molecule has 0 aliphatic rings. The molecule has 0 N–H and O–H groups in total. The van der Waals surface area contributed by atoms with Crippen molar-refractivity contribution >= 4 is 21.8 Å². The predicted molar refractivity (Wildman–Crippen MR) is 79.9 cm³/mol.